The van der Waals surface area contributed by atoms with Gasteiger partial charge in [-0.15, -0.1) is 0 Å². The van der Waals surface area contributed by atoms with E-state index in [2.05, 4.69) is 32.5 Å². The molecule has 0 bridgehead atoms. The second-order valence-electron chi connectivity index (χ2n) is 8.69. The zero-order valence-electron chi connectivity index (χ0n) is 19.0. The third-order valence-corrected chi connectivity index (χ3v) is 5.79. The summed E-state index contributed by atoms with van der Waals surface area (Å²) in [6.45, 7) is 8.33. The van der Waals surface area contributed by atoms with Gasteiger partial charge in [0.25, 0.3) is 5.91 Å². The molecule has 1 unspecified atom stereocenters. The number of rotatable bonds is 8. The molecule has 32 heavy (non-hydrogen) atoms. The average molecular weight is 458 g/mol. The number of carbonyl (C=O) groups is 2. The third kappa shape index (κ3) is 6.93. The van der Waals surface area contributed by atoms with E-state index in [-0.39, 0.29) is 17.7 Å². The molecule has 1 atom stereocenters. The molecule has 1 aliphatic heterocycles. The number of piperazine rings is 1. The molecule has 172 valence electrons. The summed E-state index contributed by atoms with van der Waals surface area (Å²) in [5, 5.41) is 6.41. The summed E-state index contributed by atoms with van der Waals surface area (Å²) in [6, 6.07) is 9.94. The van der Waals surface area contributed by atoms with Crippen molar-refractivity contribution in [3.63, 3.8) is 0 Å². The predicted molar refractivity (Wildman–Crippen MR) is 128 cm³/mol. The van der Waals surface area contributed by atoms with Crippen LogP contribution in [0.5, 0.6) is 0 Å². The Labute approximate surface area is 195 Å². The van der Waals surface area contributed by atoms with Crippen LogP contribution in [0.3, 0.4) is 0 Å². The second kappa shape index (κ2) is 11.3. The summed E-state index contributed by atoms with van der Waals surface area (Å²) in [5.74, 6) is 0.698. The number of hydrogen-bond donors (Lipinski definition) is 2. The van der Waals surface area contributed by atoms with Crippen molar-refractivity contribution in [1.82, 2.24) is 20.5 Å². The zero-order valence-corrected chi connectivity index (χ0v) is 19.7. The number of anilines is 1. The molecule has 1 fully saturated rings. The van der Waals surface area contributed by atoms with Crippen LogP contribution in [0.2, 0.25) is 5.02 Å². The maximum absolute atomic E-state index is 12.9. The van der Waals surface area contributed by atoms with Crippen molar-refractivity contribution in [2.45, 2.75) is 32.9 Å². The van der Waals surface area contributed by atoms with Gasteiger partial charge in [0.05, 0.1) is 0 Å². The first-order valence-electron chi connectivity index (χ1n) is 11.0. The monoisotopic (exact) mass is 457 g/mol. The molecule has 2 N–H and O–H groups in total. The molecule has 0 aliphatic carbocycles. The fourth-order valence-electron chi connectivity index (χ4n) is 3.64. The van der Waals surface area contributed by atoms with Crippen molar-refractivity contribution in [1.29, 1.82) is 0 Å². The second-order valence-corrected chi connectivity index (χ2v) is 9.13. The Morgan fingerprint density at radius 2 is 1.78 bits per heavy atom. The number of carbonyl (C=O) groups excluding carboxylic acids is 2. The van der Waals surface area contributed by atoms with Crippen LogP contribution in [-0.4, -0.2) is 61.0 Å². The highest BCUT2D eigenvalue weighted by molar-refractivity contribution is 6.30. The number of pyridine rings is 1. The first-order chi connectivity index (χ1) is 15.3. The molecule has 2 aromatic rings. The van der Waals surface area contributed by atoms with E-state index in [0.29, 0.717) is 23.6 Å². The van der Waals surface area contributed by atoms with Gasteiger partial charge in [-0.2, -0.15) is 0 Å². The van der Waals surface area contributed by atoms with E-state index >= 15 is 0 Å². The molecule has 1 aromatic carbocycles. The number of benzene rings is 1. The number of halogens is 1. The summed E-state index contributed by atoms with van der Waals surface area (Å²) in [6.07, 6.45) is 2.33. The SMILES string of the molecule is CC(C)CC(NC(=O)c1ccc(Cl)cc1)C(=O)NCc1ccnc(N2CCN(C)CC2)c1. The molecule has 3 rings (SSSR count). The van der Waals surface area contributed by atoms with Crippen molar-refractivity contribution < 1.29 is 9.59 Å². The van der Waals surface area contributed by atoms with Gasteiger partial charge in [-0.1, -0.05) is 25.4 Å². The molecular formula is C24H32ClN5O2. The molecule has 1 aromatic heterocycles. The topological polar surface area (TPSA) is 77.6 Å². The number of aromatic nitrogens is 1. The van der Waals surface area contributed by atoms with E-state index in [1.54, 1.807) is 30.5 Å². The molecular weight excluding hydrogens is 426 g/mol. The van der Waals surface area contributed by atoms with Crippen LogP contribution in [0.25, 0.3) is 0 Å². The first kappa shape index (κ1) is 24.0. The summed E-state index contributed by atoms with van der Waals surface area (Å²) >= 11 is 5.90. The van der Waals surface area contributed by atoms with E-state index in [0.717, 1.165) is 37.6 Å². The van der Waals surface area contributed by atoms with Crippen LogP contribution >= 0.6 is 11.6 Å². The van der Waals surface area contributed by atoms with Crippen molar-refractivity contribution in [2.24, 2.45) is 5.92 Å². The maximum Gasteiger partial charge on any atom is 0.251 e. The van der Waals surface area contributed by atoms with Gasteiger partial charge in [0.1, 0.15) is 11.9 Å². The van der Waals surface area contributed by atoms with Gasteiger partial charge in [-0.25, -0.2) is 4.98 Å². The molecule has 2 amide bonds. The average Bonchev–Trinajstić information content (AvgIpc) is 2.78. The molecule has 2 heterocycles. The van der Waals surface area contributed by atoms with Crippen LogP contribution in [-0.2, 0) is 11.3 Å². The van der Waals surface area contributed by atoms with E-state index in [1.165, 1.54) is 0 Å². The van der Waals surface area contributed by atoms with Crippen molar-refractivity contribution >= 4 is 29.2 Å². The number of nitrogens with one attached hydrogen (secondary N) is 2. The van der Waals surface area contributed by atoms with Crippen LogP contribution < -0.4 is 15.5 Å². The Hall–Kier alpha value is -2.64. The van der Waals surface area contributed by atoms with Crippen LogP contribution in [0.4, 0.5) is 5.82 Å². The highest BCUT2D eigenvalue weighted by Crippen LogP contribution is 2.15. The van der Waals surface area contributed by atoms with Gasteiger partial charge >= 0.3 is 0 Å². The molecule has 0 spiro atoms. The summed E-state index contributed by atoms with van der Waals surface area (Å²) in [4.78, 5) is 34.6. The minimum absolute atomic E-state index is 0.195. The van der Waals surface area contributed by atoms with Crippen LogP contribution in [0.1, 0.15) is 36.2 Å². The predicted octanol–water partition coefficient (Wildman–Crippen LogP) is 2.95. The van der Waals surface area contributed by atoms with Crippen LogP contribution in [0, 0.1) is 5.92 Å². The lowest BCUT2D eigenvalue weighted by Crippen LogP contribution is -2.47. The molecule has 8 heteroatoms. The third-order valence-electron chi connectivity index (χ3n) is 5.54. The van der Waals surface area contributed by atoms with Gasteiger partial charge in [0.2, 0.25) is 5.91 Å². The van der Waals surface area contributed by atoms with Gasteiger partial charge in [-0.3, -0.25) is 9.59 Å². The normalized spacial score (nSPS) is 15.5. The smallest absolute Gasteiger partial charge is 0.251 e. The fraction of sp³-hybridized carbons (Fsp3) is 0.458. The van der Waals surface area contributed by atoms with Crippen LogP contribution in [0.15, 0.2) is 42.6 Å². The lowest BCUT2D eigenvalue weighted by atomic mass is 10.0. The lowest BCUT2D eigenvalue weighted by Gasteiger charge is -2.33. The van der Waals surface area contributed by atoms with E-state index in [1.807, 2.05) is 26.0 Å². The molecule has 1 aliphatic rings. The number of hydrogen-bond acceptors (Lipinski definition) is 5. The largest absolute Gasteiger partial charge is 0.354 e. The quantitative estimate of drug-likeness (QED) is 0.637. The van der Waals surface area contributed by atoms with Gasteiger partial charge in [0, 0.05) is 49.5 Å². The number of likely N-dealkylation sites (N-methyl/N-ethyl adjacent to an activating group) is 1. The van der Waals surface area contributed by atoms with Gasteiger partial charge in [-0.05, 0) is 61.3 Å². The highest BCUT2D eigenvalue weighted by atomic mass is 35.5. The Kier molecular flexibility index (Phi) is 8.47. The van der Waals surface area contributed by atoms with Crippen molar-refractivity contribution in [3.05, 3.63) is 58.7 Å². The lowest BCUT2D eigenvalue weighted by molar-refractivity contribution is -0.123. The van der Waals surface area contributed by atoms with E-state index < -0.39 is 6.04 Å². The van der Waals surface area contributed by atoms with E-state index in [4.69, 9.17) is 11.6 Å². The van der Waals surface area contributed by atoms with Gasteiger partial charge < -0.3 is 20.4 Å². The molecule has 0 radical (unpaired) electrons. The summed E-state index contributed by atoms with van der Waals surface area (Å²) < 4.78 is 0. The number of nitrogens with zero attached hydrogens (tertiary/aromatic N) is 3. The molecule has 1 saturated heterocycles. The maximum atomic E-state index is 12.9. The van der Waals surface area contributed by atoms with E-state index in [9.17, 15) is 9.59 Å². The van der Waals surface area contributed by atoms with Gasteiger partial charge in [0.15, 0.2) is 0 Å². The minimum atomic E-state index is -0.614. The summed E-state index contributed by atoms with van der Waals surface area (Å²) in [5.41, 5.74) is 1.46. The Bertz CT molecular complexity index is 911. The van der Waals surface area contributed by atoms with Crippen molar-refractivity contribution in [3.8, 4) is 0 Å². The molecule has 7 nitrogen and oxygen atoms in total. The Morgan fingerprint density at radius 3 is 2.44 bits per heavy atom. The minimum Gasteiger partial charge on any atom is -0.354 e. The van der Waals surface area contributed by atoms with Crippen molar-refractivity contribution in [2.75, 3.05) is 38.1 Å². The number of amides is 2. The Balaban J connectivity index is 1.60. The standard InChI is InChI=1S/C24H32ClN5O2/c1-17(2)14-21(28-23(31)19-4-6-20(25)7-5-19)24(32)27-16-18-8-9-26-22(15-18)30-12-10-29(3)11-13-30/h4-9,15,17,21H,10-14,16H2,1-3H3,(H,27,32)(H,28,31). The summed E-state index contributed by atoms with van der Waals surface area (Å²) in [7, 11) is 2.12. The zero-order chi connectivity index (χ0) is 23.1. The Morgan fingerprint density at radius 1 is 1.09 bits per heavy atom. The molecule has 0 saturated carbocycles. The highest BCUT2D eigenvalue weighted by Gasteiger charge is 2.23. The first-order valence-corrected chi connectivity index (χ1v) is 11.4. The fourth-order valence-corrected chi connectivity index (χ4v) is 3.76.